The van der Waals surface area contributed by atoms with Gasteiger partial charge in [0, 0.05) is 31.3 Å². The highest BCUT2D eigenvalue weighted by atomic mass is 16.5. The standard InChI is InChI=1S/C17H28N2O/c1-17(2,3)18-11-14-7-5-6-8-15(14)12-19(4)16-9-10-20-13-16/h5-8,16,18H,9-13H2,1-4H3. The second kappa shape index (κ2) is 6.70. The number of benzene rings is 1. The number of nitrogens with one attached hydrogen (secondary N) is 1. The summed E-state index contributed by atoms with van der Waals surface area (Å²) in [4.78, 5) is 2.42. The van der Waals surface area contributed by atoms with Crippen molar-refractivity contribution in [2.45, 2.75) is 51.9 Å². The first kappa shape index (κ1) is 15.5. The third-order valence-corrected chi connectivity index (χ3v) is 3.88. The quantitative estimate of drug-likeness (QED) is 0.895. The normalized spacial score (nSPS) is 19.8. The smallest absolute Gasteiger partial charge is 0.0622 e. The van der Waals surface area contributed by atoms with E-state index in [0.29, 0.717) is 6.04 Å². The SMILES string of the molecule is CN(Cc1ccccc1CNC(C)(C)C)C1CCOC1. The van der Waals surface area contributed by atoms with Gasteiger partial charge in [-0.15, -0.1) is 0 Å². The molecule has 1 unspecified atom stereocenters. The van der Waals surface area contributed by atoms with Crippen molar-refractivity contribution in [2.24, 2.45) is 0 Å². The van der Waals surface area contributed by atoms with Crippen LogP contribution in [0.25, 0.3) is 0 Å². The molecule has 3 heteroatoms. The minimum atomic E-state index is 0.151. The maximum absolute atomic E-state index is 5.48. The maximum atomic E-state index is 5.48. The molecular weight excluding hydrogens is 248 g/mol. The zero-order valence-corrected chi connectivity index (χ0v) is 13.3. The summed E-state index contributed by atoms with van der Waals surface area (Å²) in [5.41, 5.74) is 2.96. The van der Waals surface area contributed by atoms with Crippen LogP contribution in [0.2, 0.25) is 0 Å². The van der Waals surface area contributed by atoms with Gasteiger partial charge < -0.3 is 10.1 Å². The second-order valence-electron chi connectivity index (χ2n) is 6.80. The molecule has 1 N–H and O–H groups in total. The summed E-state index contributed by atoms with van der Waals surface area (Å²) in [5.74, 6) is 0. The van der Waals surface area contributed by atoms with Gasteiger partial charge in [-0.2, -0.15) is 0 Å². The van der Waals surface area contributed by atoms with Crippen molar-refractivity contribution in [3.63, 3.8) is 0 Å². The molecule has 0 bridgehead atoms. The molecule has 0 aliphatic carbocycles. The Labute approximate surface area is 123 Å². The lowest BCUT2D eigenvalue weighted by Crippen LogP contribution is -2.36. The molecule has 1 aliphatic rings. The van der Waals surface area contributed by atoms with Crippen LogP contribution < -0.4 is 5.32 Å². The number of likely N-dealkylation sites (N-methyl/N-ethyl adjacent to an activating group) is 1. The molecule has 0 saturated carbocycles. The molecule has 0 radical (unpaired) electrons. The number of nitrogens with zero attached hydrogens (tertiary/aromatic N) is 1. The van der Waals surface area contributed by atoms with Gasteiger partial charge in [0.25, 0.3) is 0 Å². The van der Waals surface area contributed by atoms with Crippen LogP contribution in [0.1, 0.15) is 38.3 Å². The number of ether oxygens (including phenoxy) is 1. The molecule has 1 aromatic rings. The van der Waals surface area contributed by atoms with Gasteiger partial charge in [0.05, 0.1) is 6.61 Å². The van der Waals surface area contributed by atoms with Crippen LogP contribution in [0, 0.1) is 0 Å². The highest BCUT2D eigenvalue weighted by Gasteiger charge is 2.21. The van der Waals surface area contributed by atoms with Crippen LogP contribution in [-0.2, 0) is 17.8 Å². The van der Waals surface area contributed by atoms with Gasteiger partial charge in [-0.1, -0.05) is 24.3 Å². The molecule has 1 saturated heterocycles. The maximum Gasteiger partial charge on any atom is 0.0622 e. The molecule has 1 atom stereocenters. The molecule has 0 spiro atoms. The highest BCUT2D eigenvalue weighted by Crippen LogP contribution is 2.17. The fraction of sp³-hybridized carbons (Fsp3) is 0.647. The minimum absolute atomic E-state index is 0.151. The van der Waals surface area contributed by atoms with E-state index in [1.54, 1.807) is 0 Å². The van der Waals surface area contributed by atoms with E-state index in [-0.39, 0.29) is 5.54 Å². The first-order valence-corrected chi connectivity index (χ1v) is 7.55. The van der Waals surface area contributed by atoms with Gasteiger partial charge in [-0.25, -0.2) is 0 Å². The summed E-state index contributed by atoms with van der Waals surface area (Å²) in [7, 11) is 2.20. The van der Waals surface area contributed by atoms with Gasteiger partial charge in [-0.3, -0.25) is 4.90 Å². The molecule has 0 amide bonds. The van der Waals surface area contributed by atoms with Crippen LogP contribution >= 0.6 is 0 Å². The third-order valence-electron chi connectivity index (χ3n) is 3.88. The summed E-state index contributed by atoms with van der Waals surface area (Å²) in [6.45, 7) is 10.3. The average Bonchev–Trinajstić information content (AvgIpc) is 2.90. The van der Waals surface area contributed by atoms with E-state index in [2.05, 4.69) is 62.3 Å². The van der Waals surface area contributed by atoms with E-state index in [1.807, 2.05) is 0 Å². The van der Waals surface area contributed by atoms with Crippen LogP contribution in [0.3, 0.4) is 0 Å². The van der Waals surface area contributed by atoms with Crippen molar-refractivity contribution >= 4 is 0 Å². The highest BCUT2D eigenvalue weighted by molar-refractivity contribution is 5.27. The van der Waals surface area contributed by atoms with E-state index >= 15 is 0 Å². The van der Waals surface area contributed by atoms with Gasteiger partial charge in [0.1, 0.15) is 0 Å². The minimum Gasteiger partial charge on any atom is -0.380 e. The number of hydrogen-bond donors (Lipinski definition) is 1. The Morgan fingerprint density at radius 3 is 2.55 bits per heavy atom. The monoisotopic (exact) mass is 276 g/mol. The van der Waals surface area contributed by atoms with Gasteiger partial charge >= 0.3 is 0 Å². The zero-order valence-electron chi connectivity index (χ0n) is 13.3. The molecule has 0 aromatic heterocycles. The van der Waals surface area contributed by atoms with Gasteiger partial charge in [0.2, 0.25) is 0 Å². The van der Waals surface area contributed by atoms with Crippen molar-refractivity contribution in [2.75, 3.05) is 20.3 Å². The second-order valence-corrected chi connectivity index (χ2v) is 6.80. The molecular formula is C17H28N2O. The first-order chi connectivity index (χ1) is 9.46. The predicted octanol–water partition coefficient (Wildman–Crippen LogP) is 2.80. The topological polar surface area (TPSA) is 24.5 Å². The Hall–Kier alpha value is -0.900. The van der Waals surface area contributed by atoms with Crippen molar-refractivity contribution in [1.82, 2.24) is 10.2 Å². The van der Waals surface area contributed by atoms with E-state index in [1.165, 1.54) is 11.1 Å². The lowest BCUT2D eigenvalue weighted by Gasteiger charge is -2.25. The fourth-order valence-corrected chi connectivity index (χ4v) is 2.51. The van der Waals surface area contributed by atoms with E-state index in [9.17, 15) is 0 Å². The Kier molecular flexibility index (Phi) is 5.19. The average molecular weight is 276 g/mol. The molecule has 1 aliphatic heterocycles. The number of hydrogen-bond acceptors (Lipinski definition) is 3. The summed E-state index contributed by atoms with van der Waals surface area (Å²) in [5, 5.41) is 3.58. The predicted molar refractivity (Wildman–Crippen MR) is 83.7 cm³/mol. The van der Waals surface area contributed by atoms with Crippen molar-refractivity contribution in [1.29, 1.82) is 0 Å². The van der Waals surface area contributed by atoms with Crippen LogP contribution in [-0.4, -0.2) is 36.7 Å². The van der Waals surface area contributed by atoms with E-state index < -0.39 is 0 Å². The number of rotatable bonds is 5. The van der Waals surface area contributed by atoms with Crippen LogP contribution in [0.5, 0.6) is 0 Å². The Morgan fingerprint density at radius 1 is 1.25 bits per heavy atom. The fourth-order valence-electron chi connectivity index (χ4n) is 2.51. The first-order valence-electron chi connectivity index (χ1n) is 7.55. The zero-order chi connectivity index (χ0) is 14.6. The molecule has 1 aromatic carbocycles. The Morgan fingerprint density at radius 2 is 1.95 bits per heavy atom. The Bertz CT molecular complexity index is 419. The summed E-state index contributed by atoms with van der Waals surface area (Å²) >= 11 is 0. The van der Waals surface area contributed by atoms with E-state index in [0.717, 1.165) is 32.7 Å². The van der Waals surface area contributed by atoms with Crippen LogP contribution in [0.4, 0.5) is 0 Å². The van der Waals surface area contributed by atoms with E-state index in [4.69, 9.17) is 4.74 Å². The van der Waals surface area contributed by atoms with Crippen molar-refractivity contribution in [3.8, 4) is 0 Å². The van der Waals surface area contributed by atoms with Crippen molar-refractivity contribution < 1.29 is 4.74 Å². The summed E-state index contributed by atoms with van der Waals surface area (Å²) < 4.78 is 5.48. The van der Waals surface area contributed by atoms with Crippen molar-refractivity contribution in [3.05, 3.63) is 35.4 Å². The lowest BCUT2D eigenvalue weighted by molar-refractivity contribution is 0.156. The molecule has 20 heavy (non-hydrogen) atoms. The molecule has 1 fully saturated rings. The lowest BCUT2D eigenvalue weighted by atomic mass is 10.0. The summed E-state index contributed by atoms with van der Waals surface area (Å²) in [6.07, 6.45) is 1.15. The molecule has 3 nitrogen and oxygen atoms in total. The van der Waals surface area contributed by atoms with Crippen LogP contribution in [0.15, 0.2) is 24.3 Å². The summed E-state index contributed by atoms with van der Waals surface area (Å²) in [6, 6.07) is 9.30. The Balaban J connectivity index is 1.99. The molecule has 1 heterocycles. The molecule has 112 valence electrons. The third kappa shape index (κ3) is 4.58. The molecule has 2 rings (SSSR count). The van der Waals surface area contributed by atoms with Gasteiger partial charge in [-0.05, 0) is 45.4 Å². The largest absolute Gasteiger partial charge is 0.380 e. The van der Waals surface area contributed by atoms with Gasteiger partial charge in [0.15, 0.2) is 0 Å².